The summed E-state index contributed by atoms with van der Waals surface area (Å²) in [5.41, 5.74) is -2.47. The number of ether oxygens (including phenoxy) is 1. The minimum absolute atomic E-state index is 0.0922. The highest BCUT2D eigenvalue weighted by molar-refractivity contribution is 5.87. The second-order valence-electron chi connectivity index (χ2n) is 10.3. The fourth-order valence-electron chi connectivity index (χ4n) is 4.44. The molecule has 3 rings (SSSR count). The highest BCUT2D eigenvalue weighted by Crippen LogP contribution is 2.37. The summed E-state index contributed by atoms with van der Waals surface area (Å²) in [6.07, 6.45) is -6.85. The van der Waals surface area contributed by atoms with E-state index in [1.165, 1.54) is 0 Å². The number of benzene rings is 1. The van der Waals surface area contributed by atoms with E-state index in [9.17, 15) is 45.8 Å². The van der Waals surface area contributed by atoms with Gasteiger partial charge in [0.05, 0.1) is 18.3 Å². The smallest absolute Gasteiger partial charge is 0.449 e. The molecule has 9 nitrogen and oxygen atoms in total. The number of nitrogens with zero attached hydrogens (tertiary/aromatic N) is 3. The van der Waals surface area contributed by atoms with Crippen LogP contribution in [0.15, 0.2) is 12.1 Å². The van der Waals surface area contributed by atoms with Crippen LogP contribution in [0.25, 0.3) is 0 Å². The monoisotopic (exact) mass is 578 g/mol. The fourth-order valence-corrected chi connectivity index (χ4v) is 4.44. The molecule has 2 N–H and O–H groups in total. The van der Waals surface area contributed by atoms with Gasteiger partial charge in [-0.2, -0.15) is 13.2 Å². The predicted octanol–water partition coefficient (Wildman–Crippen LogP) is 4.84. The van der Waals surface area contributed by atoms with Crippen molar-refractivity contribution < 1.29 is 50.6 Å². The highest BCUT2D eigenvalue weighted by Gasteiger charge is 2.44. The van der Waals surface area contributed by atoms with E-state index in [1.54, 1.807) is 27.7 Å². The van der Waals surface area contributed by atoms with Gasteiger partial charge in [-0.05, 0) is 45.2 Å². The van der Waals surface area contributed by atoms with Crippen molar-refractivity contribution in [3.63, 3.8) is 0 Å². The number of hydrogen-bond donors (Lipinski definition) is 2. The number of carboxylic acid groups (broad SMARTS) is 1. The van der Waals surface area contributed by atoms with E-state index in [0.29, 0.717) is 12.1 Å². The summed E-state index contributed by atoms with van der Waals surface area (Å²) in [6, 6.07) is -1.27. The van der Waals surface area contributed by atoms with Crippen molar-refractivity contribution in [2.75, 3.05) is 6.54 Å². The molecule has 40 heavy (non-hydrogen) atoms. The lowest BCUT2D eigenvalue weighted by molar-refractivity contribution is -0.149. The van der Waals surface area contributed by atoms with Gasteiger partial charge in [-0.25, -0.2) is 27.7 Å². The first-order valence-electron chi connectivity index (χ1n) is 12.2. The molecule has 1 aromatic carbocycles. The number of rotatable bonds is 7. The lowest BCUT2D eigenvalue weighted by Crippen LogP contribution is -2.46. The lowest BCUT2D eigenvalue weighted by atomic mass is 10.0. The Balaban J connectivity index is 1.92. The molecule has 2 atom stereocenters. The zero-order chi connectivity index (χ0) is 30.2. The van der Waals surface area contributed by atoms with E-state index in [2.05, 4.69) is 10.3 Å². The van der Waals surface area contributed by atoms with Gasteiger partial charge in [-0.1, -0.05) is 6.92 Å². The van der Waals surface area contributed by atoms with Gasteiger partial charge in [-0.15, -0.1) is 0 Å². The molecule has 0 radical (unpaired) electrons. The van der Waals surface area contributed by atoms with Gasteiger partial charge in [-0.3, -0.25) is 4.79 Å². The molecule has 1 aromatic heterocycles. The van der Waals surface area contributed by atoms with Crippen molar-refractivity contribution in [3.05, 3.63) is 52.4 Å². The van der Waals surface area contributed by atoms with Crippen LogP contribution >= 0.6 is 0 Å². The molecule has 1 aliphatic rings. The molecular weight excluding hydrogens is 550 g/mol. The summed E-state index contributed by atoms with van der Waals surface area (Å²) in [6.45, 7) is 5.50. The average Bonchev–Trinajstić information content (AvgIpc) is 3.21. The number of carbonyl (C=O) groups is 3. The number of nitrogens with one attached hydrogen (secondary N) is 1. The zero-order valence-electron chi connectivity index (χ0n) is 22.0. The first-order chi connectivity index (χ1) is 18.4. The van der Waals surface area contributed by atoms with Crippen molar-refractivity contribution >= 4 is 18.0 Å². The molecule has 220 valence electrons. The third kappa shape index (κ3) is 7.04. The number of amides is 2. The number of fused-ring (bicyclic) bond motifs is 1. The van der Waals surface area contributed by atoms with E-state index >= 15 is 0 Å². The second-order valence-corrected chi connectivity index (χ2v) is 10.3. The summed E-state index contributed by atoms with van der Waals surface area (Å²) in [5, 5.41) is 11.9. The molecule has 1 unspecified atom stereocenters. The number of alkyl halides is 3. The van der Waals surface area contributed by atoms with Crippen molar-refractivity contribution in [3.8, 4) is 0 Å². The molecule has 15 heteroatoms. The third-order valence-electron chi connectivity index (χ3n) is 6.12. The summed E-state index contributed by atoms with van der Waals surface area (Å²) in [4.78, 5) is 41.9. The third-order valence-corrected chi connectivity index (χ3v) is 6.12. The molecule has 2 heterocycles. The summed E-state index contributed by atoms with van der Waals surface area (Å²) in [7, 11) is 0. The van der Waals surface area contributed by atoms with Gasteiger partial charge in [0.25, 0.3) is 0 Å². The van der Waals surface area contributed by atoms with Gasteiger partial charge in [0.1, 0.15) is 11.4 Å². The Morgan fingerprint density at radius 1 is 1.12 bits per heavy atom. The first kappa shape index (κ1) is 30.8. The zero-order valence-corrected chi connectivity index (χ0v) is 22.0. The van der Waals surface area contributed by atoms with Crippen LogP contribution in [-0.2, 0) is 28.7 Å². The summed E-state index contributed by atoms with van der Waals surface area (Å²) in [5.74, 6) is -7.73. The number of aromatic carboxylic acids is 1. The Morgan fingerprint density at radius 2 is 1.75 bits per heavy atom. The molecule has 0 aliphatic carbocycles. The maximum absolute atomic E-state index is 14.4. The van der Waals surface area contributed by atoms with Crippen LogP contribution in [0.2, 0.25) is 0 Å². The van der Waals surface area contributed by atoms with Gasteiger partial charge >= 0.3 is 18.2 Å². The normalized spacial score (nSPS) is 16.4. The van der Waals surface area contributed by atoms with Crippen molar-refractivity contribution in [1.29, 1.82) is 0 Å². The number of imidazole rings is 1. The van der Waals surface area contributed by atoms with Crippen molar-refractivity contribution in [1.82, 2.24) is 19.8 Å². The minimum Gasteiger partial charge on any atom is -0.476 e. The summed E-state index contributed by atoms with van der Waals surface area (Å²) >= 11 is 0. The highest BCUT2D eigenvalue weighted by atomic mass is 19.4. The molecule has 0 saturated carbocycles. The van der Waals surface area contributed by atoms with Crippen LogP contribution in [0.4, 0.5) is 31.1 Å². The Morgan fingerprint density at radius 3 is 2.30 bits per heavy atom. The Labute approximate surface area is 225 Å². The van der Waals surface area contributed by atoms with Gasteiger partial charge in [0.2, 0.25) is 11.7 Å². The number of aromatic nitrogens is 2. The average molecular weight is 579 g/mol. The molecule has 0 saturated heterocycles. The van der Waals surface area contributed by atoms with Gasteiger partial charge < -0.3 is 24.6 Å². The van der Waals surface area contributed by atoms with Crippen LogP contribution in [0.1, 0.15) is 74.1 Å². The van der Waals surface area contributed by atoms with Gasteiger partial charge in [0, 0.05) is 25.1 Å². The molecular formula is C25H28F6N4O5. The van der Waals surface area contributed by atoms with Crippen LogP contribution in [-0.4, -0.2) is 55.7 Å². The van der Waals surface area contributed by atoms with E-state index in [-0.39, 0.29) is 24.2 Å². The summed E-state index contributed by atoms with van der Waals surface area (Å²) < 4.78 is 88.4. The topological polar surface area (TPSA) is 114 Å². The van der Waals surface area contributed by atoms with Gasteiger partial charge in [0.15, 0.2) is 17.3 Å². The number of alkyl carbamates (subject to hydrolysis) is 1. The standard InChI is InChI=1S/C25H28F6N4O5/c1-5-14-10-34(11-18-20(21(37)38)33-22(35(14)18)25(29,30)31)19(36)8-13(32-23(39)40-24(2,3)4)6-12-7-16(27)17(28)9-15(12)26/h7,9,13-14H,5-6,8,10-11H2,1-4H3,(H,32,39)(H,37,38)/t13?,14-/m1/s1. The maximum atomic E-state index is 14.4. The molecule has 0 fully saturated rings. The van der Waals surface area contributed by atoms with E-state index in [0.717, 1.165) is 9.47 Å². The van der Waals surface area contributed by atoms with Crippen LogP contribution in [0, 0.1) is 17.5 Å². The largest absolute Gasteiger partial charge is 0.476 e. The number of halogens is 6. The Kier molecular flexibility index (Phi) is 8.74. The number of hydrogen-bond acceptors (Lipinski definition) is 5. The first-order valence-corrected chi connectivity index (χ1v) is 12.2. The van der Waals surface area contributed by atoms with Crippen LogP contribution < -0.4 is 5.32 Å². The Hall–Kier alpha value is -3.78. The maximum Gasteiger partial charge on any atom is 0.449 e. The lowest BCUT2D eigenvalue weighted by Gasteiger charge is -2.36. The quantitative estimate of drug-likeness (QED) is 0.359. The predicted molar refractivity (Wildman–Crippen MR) is 127 cm³/mol. The molecule has 1 aliphatic heterocycles. The Bertz CT molecular complexity index is 1300. The molecule has 0 bridgehead atoms. The molecule has 0 spiro atoms. The SMILES string of the molecule is CC[C@@H]1CN(C(=O)CC(Cc2cc(F)c(F)cc2F)NC(=O)OC(C)(C)C)Cc2c(C(=O)O)nc(C(F)(F)F)n21. The second kappa shape index (κ2) is 11.4. The molecule has 2 amide bonds. The van der Waals surface area contributed by atoms with Crippen LogP contribution in [0.3, 0.4) is 0 Å². The number of carboxylic acids is 1. The van der Waals surface area contributed by atoms with Crippen LogP contribution in [0.5, 0.6) is 0 Å². The minimum atomic E-state index is -4.95. The van der Waals surface area contributed by atoms with E-state index in [1.807, 2.05) is 0 Å². The van der Waals surface area contributed by atoms with Crippen molar-refractivity contribution in [2.24, 2.45) is 0 Å². The van der Waals surface area contributed by atoms with E-state index < -0.39 is 90.2 Å². The van der Waals surface area contributed by atoms with Crippen molar-refractivity contribution in [2.45, 2.75) is 77.4 Å². The number of carbonyl (C=O) groups excluding carboxylic acids is 2. The fraction of sp³-hybridized carbons (Fsp3) is 0.520. The van der Waals surface area contributed by atoms with E-state index in [4.69, 9.17) is 4.74 Å². The molecule has 2 aromatic rings.